The van der Waals surface area contributed by atoms with E-state index in [-0.39, 0.29) is 16.0 Å². The normalized spacial score (nSPS) is 24.3. The van der Waals surface area contributed by atoms with Gasteiger partial charge in [-0.05, 0) is 31.0 Å². The first kappa shape index (κ1) is 15.4. The predicted octanol–water partition coefficient (Wildman–Crippen LogP) is 2.29. The number of hydrogen-bond donors (Lipinski definition) is 1. The Hall–Kier alpha value is 0.0500. The molecule has 19 heavy (non-hydrogen) atoms. The van der Waals surface area contributed by atoms with E-state index in [0.717, 1.165) is 4.47 Å². The van der Waals surface area contributed by atoms with Crippen LogP contribution >= 0.6 is 27.5 Å². The standard InChI is InChI=1S/C11H13BrClNO3S2/c12-8-1-2-11(10(13)7-8)19(16,17)14-9-3-5-18(15)6-4-9/h1-2,7,9,14H,3-6H2. The van der Waals surface area contributed by atoms with E-state index in [4.69, 9.17) is 11.6 Å². The van der Waals surface area contributed by atoms with E-state index in [1.54, 1.807) is 12.1 Å². The summed E-state index contributed by atoms with van der Waals surface area (Å²) in [5.74, 6) is 1.09. The molecule has 2 rings (SSSR count). The number of sulfonamides is 1. The summed E-state index contributed by atoms with van der Waals surface area (Å²) in [6.45, 7) is 0. The van der Waals surface area contributed by atoms with Gasteiger partial charge in [0.2, 0.25) is 10.0 Å². The third-order valence-electron chi connectivity index (χ3n) is 2.89. The zero-order valence-electron chi connectivity index (χ0n) is 9.93. The smallest absolute Gasteiger partial charge is 0.242 e. The van der Waals surface area contributed by atoms with Gasteiger partial charge < -0.3 is 0 Å². The van der Waals surface area contributed by atoms with Crippen molar-refractivity contribution in [2.24, 2.45) is 0 Å². The monoisotopic (exact) mass is 385 g/mol. The molecule has 1 saturated heterocycles. The first-order valence-corrected chi connectivity index (χ1v) is 9.85. The molecule has 1 heterocycles. The van der Waals surface area contributed by atoms with Crippen LogP contribution in [0.4, 0.5) is 0 Å². The molecule has 0 amide bonds. The lowest BCUT2D eigenvalue weighted by molar-refractivity contribution is 0.522. The third kappa shape index (κ3) is 4.01. The molecule has 1 aromatic rings. The zero-order valence-corrected chi connectivity index (χ0v) is 13.9. The highest BCUT2D eigenvalue weighted by molar-refractivity contribution is 9.10. The fraction of sp³-hybridized carbons (Fsp3) is 0.455. The predicted molar refractivity (Wildman–Crippen MR) is 80.4 cm³/mol. The summed E-state index contributed by atoms with van der Waals surface area (Å²) in [7, 11) is -4.43. The van der Waals surface area contributed by atoms with E-state index in [1.165, 1.54) is 6.07 Å². The molecule has 4 nitrogen and oxygen atoms in total. The molecule has 1 fully saturated rings. The van der Waals surface area contributed by atoms with Crippen LogP contribution in [0.15, 0.2) is 27.6 Å². The van der Waals surface area contributed by atoms with Crippen molar-refractivity contribution in [2.75, 3.05) is 11.5 Å². The van der Waals surface area contributed by atoms with Crippen molar-refractivity contribution >= 4 is 48.4 Å². The molecular formula is C11H13BrClNO3S2. The Bertz CT molecular complexity index is 596. The number of benzene rings is 1. The lowest BCUT2D eigenvalue weighted by Crippen LogP contribution is -2.39. The largest absolute Gasteiger partial charge is 0.260 e. The fourth-order valence-electron chi connectivity index (χ4n) is 1.89. The van der Waals surface area contributed by atoms with Crippen molar-refractivity contribution in [3.05, 3.63) is 27.7 Å². The number of hydrogen-bond acceptors (Lipinski definition) is 3. The molecule has 0 radical (unpaired) electrons. The maximum absolute atomic E-state index is 12.2. The molecule has 0 aliphatic carbocycles. The molecule has 0 bridgehead atoms. The molecule has 1 aliphatic heterocycles. The quantitative estimate of drug-likeness (QED) is 0.867. The summed E-state index contributed by atoms with van der Waals surface area (Å²) in [5, 5.41) is 0.182. The van der Waals surface area contributed by atoms with Gasteiger partial charge in [-0.25, -0.2) is 13.1 Å². The van der Waals surface area contributed by atoms with Crippen molar-refractivity contribution in [1.82, 2.24) is 4.72 Å². The van der Waals surface area contributed by atoms with Crippen LogP contribution in [0.1, 0.15) is 12.8 Å². The third-order valence-corrected chi connectivity index (χ3v) is 6.77. The van der Waals surface area contributed by atoms with Gasteiger partial charge in [0.1, 0.15) is 4.90 Å². The Kier molecular flexibility index (Phi) is 5.05. The maximum atomic E-state index is 12.2. The van der Waals surface area contributed by atoms with Crippen molar-refractivity contribution in [3.63, 3.8) is 0 Å². The molecule has 1 aromatic carbocycles. The van der Waals surface area contributed by atoms with E-state index in [2.05, 4.69) is 20.7 Å². The summed E-state index contributed by atoms with van der Waals surface area (Å²) in [5.41, 5.74) is 0. The van der Waals surface area contributed by atoms with Gasteiger partial charge in [0.05, 0.1) is 5.02 Å². The van der Waals surface area contributed by atoms with Crippen LogP contribution in [0.2, 0.25) is 5.02 Å². The van der Waals surface area contributed by atoms with Gasteiger partial charge in [0.25, 0.3) is 0 Å². The van der Waals surface area contributed by atoms with E-state index < -0.39 is 20.8 Å². The number of nitrogens with one attached hydrogen (secondary N) is 1. The van der Waals surface area contributed by atoms with Gasteiger partial charge in [0, 0.05) is 32.8 Å². The molecule has 0 atom stereocenters. The van der Waals surface area contributed by atoms with E-state index in [0.29, 0.717) is 24.3 Å². The first-order chi connectivity index (χ1) is 8.88. The lowest BCUT2D eigenvalue weighted by Gasteiger charge is -2.22. The van der Waals surface area contributed by atoms with Gasteiger partial charge in [0.15, 0.2) is 0 Å². The van der Waals surface area contributed by atoms with Crippen molar-refractivity contribution in [3.8, 4) is 0 Å². The lowest BCUT2D eigenvalue weighted by atomic mass is 10.2. The highest BCUT2D eigenvalue weighted by Crippen LogP contribution is 2.25. The Morgan fingerprint density at radius 3 is 2.53 bits per heavy atom. The maximum Gasteiger partial charge on any atom is 0.242 e. The van der Waals surface area contributed by atoms with Gasteiger partial charge in [-0.3, -0.25) is 4.21 Å². The molecule has 0 aromatic heterocycles. The number of rotatable bonds is 3. The first-order valence-electron chi connectivity index (χ1n) is 5.71. The van der Waals surface area contributed by atoms with Crippen LogP contribution in [0.3, 0.4) is 0 Å². The van der Waals surface area contributed by atoms with Gasteiger partial charge in [-0.2, -0.15) is 0 Å². The van der Waals surface area contributed by atoms with Crippen molar-refractivity contribution in [1.29, 1.82) is 0 Å². The SMILES string of the molecule is O=S1CCC(NS(=O)(=O)c2ccc(Br)cc2Cl)CC1. The molecule has 0 unspecified atom stereocenters. The minimum Gasteiger partial charge on any atom is -0.260 e. The molecule has 1 N–H and O–H groups in total. The fourth-order valence-corrected chi connectivity index (χ4v) is 5.53. The summed E-state index contributed by atoms with van der Waals surface area (Å²) in [4.78, 5) is 0.0732. The van der Waals surface area contributed by atoms with E-state index in [1.807, 2.05) is 0 Å². The van der Waals surface area contributed by atoms with Crippen LogP contribution in [0.25, 0.3) is 0 Å². The second kappa shape index (κ2) is 6.22. The van der Waals surface area contributed by atoms with E-state index in [9.17, 15) is 12.6 Å². The Morgan fingerprint density at radius 1 is 1.32 bits per heavy atom. The average molecular weight is 387 g/mol. The highest BCUT2D eigenvalue weighted by Gasteiger charge is 2.25. The van der Waals surface area contributed by atoms with Crippen LogP contribution < -0.4 is 4.72 Å². The summed E-state index contributed by atoms with van der Waals surface area (Å²) in [6.07, 6.45) is 1.19. The van der Waals surface area contributed by atoms with Crippen molar-refractivity contribution in [2.45, 2.75) is 23.8 Å². The Morgan fingerprint density at radius 2 is 1.95 bits per heavy atom. The minimum atomic E-state index is -3.63. The molecule has 0 saturated carbocycles. The Labute approximate surface area is 128 Å². The highest BCUT2D eigenvalue weighted by atomic mass is 79.9. The molecule has 106 valence electrons. The Balaban J connectivity index is 2.16. The van der Waals surface area contributed by atoms with Crippen LogP contribution in [-0.2, 0) is 20.8 Å². The van der Waals surface area contributed by atoms with E-state index >= 15 is 0 Å². The van der Waals surface area contributed by atoms with Crippen LogP contribution in [0.5, 0.6) is 0 Å². The molecule has 0 spiro atoms. The molecule has 1 aliphatic rings. The second-order valence-electron chi connectivity index (χ2n) is 4.32. The van der Waals surface area contributed by atoms with Crippen molar-refractivity contribution < 1.29 is 12.6 Å². The molecular weight excluding hydrogens is 374 g/mol. The molecule has 8 heteroatoms. The summed E-state index contributed by atoms with van der Waals surface area (Å²) < 4.78 is 39.1. The topological polar surface area (TPSA) is 63.2 Å². The van der Waals surface area contributed by atoms with Gasteiger partial charge >= 0.3 is 0 Å². The average Bonchev–Trinajstić information content (AvgIpc) is 2.31. The second-order valence-corrected chi connectivity index (χ2v) is 9.02. The van der Waals surface area contributed by atoms with Crippen LogP contribution in [0, 0.1) is 0 Å². The number of halogens is 2. The zero-order chi connectivity index (χ0) is 14.0. The van der Waals surface area contributed by atoms with Crippen LogP contribution in [-0.4, -0.2) is 30.2 Å². The van der Waals surface area contributed by atoms with Gasteiger partial charge in [-0.1, -0.05) is 27.5 Å². The van der Waals surface area contributed by atoms with Gasteiger partial charge in [-0.15, -0.1) is 0 Å². The minimum absolute atomic E-state index is 0.0732. The summed E-state index contributed by atoms with van der Waals surface area (Å²) >= 11 is 9.19. The summed E-state index contributed by atoms with van der Waals surface area (Å²) in [6, 6.07) is 4.49.